The molecule has 2 N–H and O–H groups in total. The number of likely N-dealkylation sites (tertiary alicyclic amines) is 1. The second-order valence-electron chi connectivity index (χ2n) is 10.9. The van der Waals surface area contributed by atoms with Gasteiger partial charge in [-0.3, -0.25) is 14.6 Å². The Kier molecular flexibility index (Phi) is 9.68. The lowest BCUT2D eigenvalue weighted by Gasteiger charge is -2.42. The highest BCUT2D eigenvalue weighted by Gasteiger charge is 2.30. The number of carbonyl (C=O) groups excluding carboxylic acids is 1. The van der Waals surface area contributed by atoms with E-state index in [-0.39, 0.29) is 12.5 Å². The molecule has 9 nitrogen and oxygen atoms in total. The number of aromatic nitrogens is 1. The quantitative estimate of drug-likeness (QED) is 0.505. The van der Waals surface area contributed by atoms with Crippen molar-refractivity contribution in [2.24, 2.45) is 5.92 Å². The highest BCUT2D eigenvalue weighted by atomic mass is 16.5. The minimum absolute atomic E-state index is 0.0822. The number of hydrogen-bond donors (Lipinski definition) is 2. The monoisotopic (exact) mass is 537 g/mol. The van der Waals surface area contributed by atoms with Gasteiger partial charge in [0.15, 0.2) is 0 Å². The molecule has 0 spiro atoms. The first-order valence-electron chi connectivity index (χ1n) is 14.5. The van der Waals surface area contributed by atoms with Crippen LogP contribution in [0.4, 0.5) is 5.82 Å². The van der Waals surface area contributed by atoms with E-state index in [1.165, 1.54) is 0 Å². The molecular weight excluding hydrogens is 494 g/mol. The molecule has 212 valence electrons. The van der Waals surface area contributed by atoms with E-state index in [2.05, 4.69) is 20.0 Å². The van der Waals surface area contributed by atoms with Crippen LogP contribution in [0.3, 0.4) is 0 Å². The lowest BCUT2D eigenvalue weighted by Crippen LogP contribution is -2.49. The van der Waals surface area contributed by atoms with Crippen LogP contribution in [0, 0.1) is 5.92 Å². The average Bonchev–Trinajstić information content (AvgIpc) is 3.01. The molecule has 0 radical (unpaired) electrons. The summed E-state index contributed by atoms with van der Waals surface area (Å²) in [6.07, 6.45) is 4.33. The number of nitrogens with one attached hydrogen (secondary N) is 1. The second-order valence-corrected chi connectivity index (χ2v) is 10.9. The van der Waals surface area contributed by atoms with Crippen molar-refractivity contribution < 1.29 is 19.4 Å². The Balaban J connectivity index is 1.32. The number of piperidine rings is 2. The van der Waals surface area contributed by atoms with Crippen LogP contribution >= 0.6 is 0 Å². The Labute approximate surface area is 232 Å². The molecule has 0 unspecified atom stereocenters. The van der Waals surface area contributed by atoms with Crippen LogP contribution in [0.5, 0.6) is 5.75 Å². The van der Waals surface area contributed by atoms with Crippen molar-refractivity contribution in [3.05, 3.63) is 42.0 Å². The van der Waals surface area contributed by atoms with Crippen molar-refractivity contribution in [3.8, 4) is 17.0 Å². The summed E-state index contributed by atoms with van der Waals surface area (Å²) >= 11 is 0. The van der Waals surface area contributed by atoms with Crippen LogP contribution in [-0.2, 0) is 4.74 Å². The topological polar surface area (TPSA) is 90.4 Å². The van der Waals surface area contributed by atoms with Gasteiger partial charge in [0.2, 0.25) is 0 Å². The van der Waals surface area contributed by atoms with Crippen molar-refractivity contribution in [2.75, 3.05) is 84.2 Å². The number of methoxy groups -OCH3 is 1. The number of morpholine rings is 1. The number of rotatable bonds is 9. The Bertz CT molecular complexity index is 1080. The summed E-state index contributed by atoms with van der Waals surface area (Å²) in [6.45, 7) is 8.78. The zero-order valence-electron chi connectivity index (χ0n) is 23.2. The van der Waals surface area contributed by atoms with Gasteiger partial charge in [0.25, 0.3) is 5.91 Å². The van der Waals surface area contributed by atoms with Crippen LogP contribution in [0.1, 0.15) is 36.0 Å². The van der Waals surface area contributed by atoms with E-state index < -0.39 is 0 Å². The number of pyridine rings is 1. The van der Waals surface area contributed by atoms with Crippen molar-refractivity contribution in [2.45, 2.75) is 31.7 Å². The molecule has 9 heteroatoms. The number of carbonyl (C=O) groups is 1. The number of nitrogens with zero attached hydrogens (tertiary/aromatic N) is 4. The minimum atomic E-state index is -0.0822. The molecule has 3 saturated heterocycles. The maximum atomic E-state index is 13.4. The summed E-state index contributed by atoms with van der Waals surface area (Å²) in [7, 11) is 1.67. The van der Waals surface area contributed by atoms with E-state index in [0.717, 1.165) is 108 Å². The maximum absolute atomic E-state index is 13.4. The number of hydrogen-bond acceptors (Lipinski definition) is 8. The van der Waals surface area contributed by atoms with Gasteiger partial charge in [0.1, 0.15) is 11.6 Å². The van der Waals surface area contributed by atoms with Crippen molar-refractivity contribution in [1.82, 2.24) is 20.1 Å². The number of benzene rings is 1. The highest BCUT2D eigenvalue weighted by molar-refractivity contribution is 5.99. The third-order valence-corrected chi connectivity index (χ3v) is 8.41. The molecule has 39 heavy (non-hydrogen) atoms. The van der Waals surface area contributed by atoms with Gasteiger partial charge >= 0.3 is 0 Å². The molecule has 5 rings (SSSR count). The Morgan fingerprint density at radius 3 is 2.64 bits per heavy atom. The highest BCUT2D eigenvalue weighted by Crippen LogP contribution is 2.33. The molecule has 1 aromatic carbocycles. The Morgan fingerprint density at radius 1 is 1.08 bits per heavy atom. The zero-order chi connectivity index (χ0) is 27.0. The maximum Gasteiger partial charge on any atom is 0.255 e. The average molecular weight is 538 g/mol. The number of ether oxygens (including phenoxy) is 2. The van der Waals surface area contributed by atoms with Gasteiger partial charge in [0, 0.05) is 64.0 Å². The fraction of sp³-hybridized carbons (Fsp3) is 0.600. The minimum Gasteiger partial charge on any atom is -0.496 e. The van der Waals surface area contributed by atoms with Crippen LogP contribution in [-0.4, -0.2) is 111 Å². The van der Waals surface area contributed by atoms with Gasteiger partial charge in [-0.15, -0.1) is 0 Å². The normalized spacial score (nSPS) is 21.6. The van der Waals surface area contributed by atoms with E-state index in [4.69, 9.17) is 14.5 Å². The molecular formula is C30H43N5O4. The van der Waals surface area contributed by atoms with E-state index in [1.54, 1.807) is 7.11 Å². The molecule has 3 fully saturated rings. The lowest BCUT2D eigenvalue weighted by molar-refractivity contribution is 0.0383. The molecule has 0 saturated carbocycles. The van der Waals surface area contributed by atoms with Gasteiger partial charge in [-0.1, -0.05) is 12.1 Å². The molecule has 3 aliphatic rings. The fourth-order valence-electron chi connectivity index (χ4n) is 6.14. The number of para-hydroxylation sites is 1. The summed E-state index contributed by atoms with van der Waals surface area (Å²) in [5.74, 6) is 1.82. The molecule has 2 aromatic rings. The standard InChI is InChI=1S/C30H43N5O4/c1-38-28-7-3-2-6-25(28)27-9-8-26(30(37)31-12-16-33-17-19-39-20-18-33)29(32-27)34-14-10-24(11-15-34)35-13-4-5-23(21-35)22-36/h2-3,6-9,23-24,36H,4-5,10-22H2,1H3,(H,31,37)/t23-/m1/s1. The second kappa shape index (κ2) is 13.6. The van der Waals surface area contributed by atoms with Crippen LogP contribution in [0.15, 0.2) is 36.4 Å². The van der Waals surface area contributed by atoms with E-state index in [9.17, 15) is 9.90 Å². The van der Waals surface area contributed by atoms with Crippen molar-refractivity contribution >= 4 is 11.7 Å². The molecule has 0 aliphatic carbocycles. The Hall–Kier alpha value is -2.72. The molecule has 0 bridgehead atoms. The van der Waals surface area contributed by atoms with E-state index >= 15 is 0 Å². The number of amides is 1. The van der Waals surface area contributed by atoms with E-state index in [0.29, 0.717) is 24.1 Å². The van der Waals surface area contributed by atoms with Gasteiger partial charge in [0.05, 0.1) is 31.6 Å². The summed E-state index contributed by atoms with van der Waals surface area (Å²) in [6, 6.07) is 12.2. The predicted octanol–water partition coefficient (Wildman–Crippen LogP) is 2.49. The largest absolute Gasteiger partial charge is 0.496 e. The van der Waals surface area contributed by atoms with E-state index in [1.807, 2.05) is 36.4 Å². The van der Waals surface area contributed by atoms with Gasteiger partial charge < -0.3 is 24.8 Å². The first-order chi connectivity index (χ1) is 19.2. The van der Waals surface area contributed by atoms with Gasteiger partial charge in [-0.05, 0) is 62.4 Å². The number of aliphatic hydroxyl groups is 1. The first kappa shape index (κ1) is 27.8. The predicted molar refractivity (Wildman–Crippen MR) is 152 cm³/mol. The third kappa shape index (κ3) is 6.90. The smallest absolute Gasteiger partial charge is 0.255 e. The lowest BCUT2D eigenvalue weighted by atomic mass is 9.94. The fourth-order valence-corrected chi connectivity index (χ4v) is 6.14. The Morgan fingerprint density at radius 2 is 1.87 bits per heavy atom. The van der Waals surface area contributed by atoms with Crippen LogP contribution in [0.2, 0.25) is 0 Å². The molecule has 1 atom stereocenters. The summed E-state index contributed by atoms with van der Waals surface area (Å²) in [4.78, 5) is 25.7. The summed E-state index contributed by atoms with van der Waals surface area (Å²) in [5.41, 5.74) is 2.34. The van der Waals surface area contributed by atoms with Crippen LogP contribution < -0.4 is 15.0 Å². The summed E-state index contributed by atoms with van der Waals surface area (Å²) in [5, 5.41) is 12.8. The summed E-state index contributed by atoms with van der Waals surface area (Å²) < 4.78 is 11.0. The molecule has 1 aromatic heterocycles. The van der Waals surface area contributed by atoms with Gasteiger partial charge in [-0.2, -0.15) is 0 Å². The zero-order valence-corrected chi connectivity index (χ0v) is 23.2. The number of anilines is 1. The van der Waals surface area contributed by atoms with Gasteiger partial charge in [-0.25, -0.2) is 4.98 Å². The van der Waals surface area contributed by atoms with Crippen LogP contribution in [0.25, 0.3) is 11.3 Å². The van der Waals surface area contributed by atoms with Crippen molar-refractivity contribution in [3.63, 3.8) is 0 Å². The molecule has 4 heterocycles. The van der Waals surface area contributed by atoms with Crippen molar-refractivity contribution in [1.29, 1.82) is 0 Å². The first-order valence-corrected chi connectivity index (χ1v) is 14.5. The molecule has 1 amide bonds. The third-order valence-electron chi connectivity index (χ3n) is 8.41. The number of aliphatic hydroxyl groups excluding tert-OH is 1. The molecule has 3 aliphatic heterocycles. The SMILES string of the molecule is COc1ccccc1-c1ccc(C(=O)NCCN2CCOCC2)c(N2CCC(N3CCC[C@@H](CO)C3)CC2)n1.